The van der Waals surface area contributed by atoms with Crippen LogP contribution in [-0.4, -0.2) is 57.6 Å². The Kier molecular flexibility index (Phi) is 16.0. The van der Waals surface area contributed by atoms with Gasteiger partial charge in [-0.1, -0.05) is 0 Å². The van der Waals surface area contributed by atoms with E-state index in [0.717, 1.165) is 89.1 Å². The van der Waals surface area contributed by atoms with E-state index in [9.17, 15) is 4.79 Å². The maximum Gasteiger partial charge on any atom is 0.307 e. The lowest BCUT2D eigenvalue weighted by Gasteiger charge is -2.15. The highest BCUT2D eigenvalue weighted by molar-refractivity contribution is 14.1. The Morgan fingerprint density at radius 2 is 1.31 bits per heavy atom. The summed E-state index contributed by atoms with van der Waals surface area (Å²) >= 11 is 8.93. The molecule has 0 radical (unpaired) electrons. The number of hydrogen-bond acceptors (Lipinski definition) is 6. The average Bonchev–Trinajstić information content (AvgIpc) is 2.78. The van der Waals surface area contributed by atoms with Crippen LogP contribution in [0.3, 0.4) is 0 Å². The number of carboxylic acids is 1. The van der Waals surface area contributed by atoms with Gasteiger partial charge < -0.3 is 30.0 Å². The zero-order valence-corrected chi connectivity index (χ0v) is 28.1. The first-order valence-corrected chi connectivity index (χ1v) is 15.5. The van der Waals surface area contributed by atoms with E-state index in [4.69, 9.17) is 19.3 Å². The molecule has 0 saturated heterocycles. The lowest BCUT2D eigenvalue weighted by molar-refractivity contribution is -0.136. The molecule has 194 valence electrons. The van der Waals surface area contributed by atoms with Crippen LogP contribution < -0.4 is 20.1 Å². The van der Waals surface area contributed by atoms with Crippen LogP contribution in [0.25, 0.3) is 0 Å². The molecule has 0 amide bonds. The van der Waals surface area contributed by atoms with Crippen LogP contribution in [0.4, 0.5) is 0 Å². The summed E-state index contributed by atoms with van der Waals surface area (Å²) in [6, 6.07) is 7.64. The molecule has 0 unspecified atom stereocenters. The van der Waals surface area contributed by atoms with Crippen LogP contribution in [-0.2, 0) is 16.0 Å². The highest BCUT2D eigenvalue weighted by atomic mass is 127. The van der Waals surface area contributed by atoms with Gasteiger partial charge in [0.2, 0.25) is 0 Å². The normalized spacial score (nSPS) is 11.0. The van der Waals surface area contributed by atoms with Crippen molar-refractivity contribution in [1.29, 1.82) is 0 Å². The van der Waals surface area contributed by atoms with E-state index in [2.05, 4.69) is 101 Å². The molecule has 2 rings (SSSR count). The fraction of sp³-hybridized carbons (Fsp3) is 0.458. The second-order valence-corrected chi connectivity index (χ2v) is 12.3. The minimum atomic E-state index is -0.845. The van der Waals surface area contributed by atoms with E-state index in [1.54, 1.807) is 7.11 Å². The van der Waals surface area contributed by atoms with Gasteiger partial charge >= 0.3 is 5.97 Å². The summed E-state index contributed by atoms with van der Waals surface area (Å²) in [5.74, 6) is 1.49. The summed E-state index contributed by atoms with van der Waals surface area (Å²) in [5, 5.41) is 15.9. The number of benzene rings is 2. The third-order valence-electron chi connectivity index (χ3n) is 4.76. The molecule has 0 atom stereocenters. The molecule has 0 aliphatic heterocycles. The van der Waals surface area contributed by atoms with Crippen molar-refractivity contribution in [3.63, 3.8) is 0 Å². The first-order valence-electron chi connectivity index (χ1n) is 11.2. The van der Waals surface area contributed by atoms with Gasteiger partial charge in [0.1, 0.15) is 11.5 Å². The van der Waals surface area contributed by atoms with Gasteiger partial charge in [-0.25, -0.2) is 0 Å². The number of aliphatic carboxylic acids is 1. The van der Waals surface area contributed by atoms with Gasteiger partial charge in [0.25, 0.3) is 0 Å². The zero-order valence-electron chi connectivity index (χ0n) is 19.5. The smallest absolute Gasteiger partial charge is 0.307 e. The molecule has 0 aliphatic carbocycles. The number of nitrogens with one attached hydrogen (secondary N) is 2. The van der Waals surface area contributed by atoms with Crippen molar-refractivity contribution in [3.8, 4) is 17.2 Å². The molecule has 0 fully saturated rings. The molecule has 0 aliphatic rings. The molecule has 0 aromatic heterocycles. The minimum Gasteiger partial charge on any atom is -0.491 e. The lowest BCUT2D eigenvalue weighted by atomic mass is 10.1. The van der Waals surface area contributed by atoms with Crippen LogP contribution in [0.5, 0.6) is 17.2 Å². The monoisotopic (exact) mass is 934 g/mol. The molecule has 0 heterocycles. The fourth-order valence-electron chi connectivity index (χ4n) is 3.14. The number of carbonyl (C=O) groups is 1. The predicted molar refractivity (Wildman–Crippen MR) is 172 cm³/mol. The Hall–Kier alpha value is 0.310. The number of hydrogen-bond donors (Lipinski definition) is 3. The summed E-state index contributed by atoms with van der Waals surface area (Å²) in [4.78, 5) is 11.0. The van der Waals surface area contributed by atoms with Crippen LogP contribution >= 0.6 is 90.4 Å². The van der Waals surface area contributed by atoms with E-state index in [1.807, 2.05) is 24.3 Å². The Bertz CT molecular complexity index is 915. The fourth-order valence-corrected chi connectivity index (χ4v) is 7.28. The standard InChI is InChI=1S/C24H30I4N2O5/c1-33-9-3-7-29-5-2-6-30-8-4-10-34-23-20(27)14-17(15-21(23)28)35-24-18(25)11-16(12-19(24)26)13-22(31)32/h11-12,14-15,29-30H,2-10,13H2,1H3,(H,31,32). The number of methoxy groups -OCH3 is 1. The molecule has 2 aromatic carbocycles. The van der Waals surface area contributed by atoms with E-state index in [1.165, 1.54) is 0 Å². The summed E-state index contributed by atoms with van der Waals surface area (Å²) in [6.45, 7) is 5.39. The van der Waals surface area contributed by atoms with Crippen molar-refractivity contribution in [1.82, 2.24) is 10.6 Å². The lowest BCUT2D eigenvalue weighted by Crippen LogP contribution is -2.24. The Labute approximate surface area is 261 Å². The van der Waals surface area contributed by atoms with E-state index >= 15 is 0 Å². The predicted octanol–water partition coefficient (Wildman–Crippen LogP) is 5.90. The Morgan fingerprint density at radius 1 is 0.800 bits per heavy atom. The highest BCUT2D eigenvalue weighted by Gasteiger charge is 2.15. The summed E-state index contributed by atoms with van der Waals surface area (Å²) in [7, 11) is 1.73. The highest BCUT2D eigenvalue weighted by Crippen LogP contribution is 2.37. The zero-order chi connectivity index (χ0) is 25.6. The second kappa shape index (κ2) is 17.8. The number of halogens is 4. The SMILES string of the molecule is COCCCNCCCNCCCOc1c(I)cc(Oc2c(I)cc(CC(=O)O)cc2I)cc1I. The average molecular weight is 934 g/mol. The molecule has 11 heteroatoms. The number of ether oxygens (including phenoxy) is 3. The van der Waals surface area contributed by atoms with Gasteiger partial charge in [0.05, 0.1) is 27.3 Å². The van der Waals surface area contributed by atoms with Gasteiger partial charge in [-0.05, 0) is 166 Å². The van der Waals surface area contributed by atoms with Crippen molar-refractivity contribution >= 4 is 96.3 Å². The first-order chi connectivity index (χ1) is 16.8. The molecule has 0 saturated carbocycles. The third kappa shape index (κ3) is 12.1. The first kappa shape index (κ1) is 31.5. The molecule has 7 nitrogen and oxygen atoms in total. The van der Waals surface area contributed by atoms with Crippen molar-refractivity contribution < 1.29 is 24.1 Å². The van der Waals surface area contributed by atoms with Crippen molar-refractivity contribution in [3.05, 3.63) is 44.1 Å². The molecular weight excluding hydrogens is 904 g/mol. The van der Waals surface area contributed by atoms with Crippen LogP contribution in [0.2, 0.25) is 0 Å². The Balaban J connectivity index is 1.78. The summed E-state index contributed by atoms with van der Waals surface area (Å²) in [5.41, 5.74) is 0.760. The van der Waals surface area contributed by atoms with E-state index in [-0.39, 0.29) is 6.42 Å². The van der Waals surface area contributed by atoms with Gasteiger partial charge in [-0.15, -0.1) is 0 Å². The maximum atomic E-state index is 11.0. The molecule has 35 heavy (non-hydrogen) atoms. The topological polar surface area (TPSA) is 89.0 Å². The molecule has 0 spiro atoms. The Morgan fingerprint density at radius 3 is 1.86 bits per heavy atom. The van der Waals surface area contributed by atoms with Crippen molar-refractivity contribution in [2.45, 2.75) is 25.7 Å². The molecule has 2 aromatic rings. The molecular formula is C24H30I4N2O5. The summed E-state index contributed by atoms with van der Waals surface area (Å²) in [6.07, 6.45) is 3.08. The molecule has 0 bridgehead atoms. The molecule has 3 N–H and O–H groups in total. The summed E-state index contributed by atoms with van der Waals surface area (Å²) < 4.78 is 21.0. The largest absolute Gasteiger partial charge is 0.491 e. The van der Waals surface area contributed by atoms with Crippen LogP contribution in [0.1, 0.15) is 24.8 Å². The van der Waals surface area contributed by atoms with Crippen molar-refractivity contribution in [2.24, 2.45) is 0 Å². The van der Waals surface area contributed by atoms with E-state index < -0.39 is 5.97 Å². The number of rotatable bonds is 17. The number of carboxylic acid groups (broad SMARTS) is 1. The van der Waals surface area contributed by atoms with Gasteiger partial charge in [0.15, 0.2) is 5.75 Å². The second-order valence-electron chi connectivity index (χ2n) is 7.68. The van der Waals surface area contributed by atoms with Gasteiger partial charge in [-0.2, -0.15) is 0 Å². The van der Waals surface area contributed by atoms with Crippen LogP contribution in [0, 0.1) is 14.3 Å². The quantitative estimate of drug-likeness (QED) is 0.135. The van der Waals surface area contributed by atoms with Gasteiger partial charge in [-0.3, -0.25) is 4.79 Å². The van der Waals surface area contributed by atoms with Crippen LogP contribution in [0.15, 0.2) is 24.3 Å². The van der Waals surface area contributed by atoms with Crippen molar-refractivity contribution in [2.75, 3.05) is 46.5 Å². The third-order valence-corrected chi connectivity index (χ3v) is 7.96. The van der Waals surface area contributed by atoms with E-state index in [0.29, 0.717) is 6.61 Å². The van der Waals surface area contributed by atoms with Gasteiger partial charge in [0, 0.05) is 13.7 Å². The minimum absolute atomic E-state index is 0.00381. The maximum absolute atomic E-state index is 11.0.